The minimum atomic E-state index is -0.443. The standard InChI is InChI=1S/C11H13BrO/c1-9(12)11(2,13-3)10-7-5-4-6-8-10/h4-8H,1H2,2-3H3/t11-/m0/s1. The summed E-state index contributed by atoms with van der Waals surface area (Å²) >= 11 is 3.37. The Balaban J connectivity index is 3.11. The van der Waals surface area contributed by atoms with E-state index in [1.54, 1.807) is 7.11 Å². The summed E-state index contributed by atoms with van der Waals surface area (Å²) < 4.78 is 6.27. The fraction of sp³-hybridized carbons (Fsp3) is 0.273. The van der Waals surface area contributed by atoms with Gasteiger partial charge in [0.2, 0.25) is 0 Å². The Morgan fingerprint density at radius 1 is 1.38 bits per heavy atom. The summed E-state index contributed by atoms with van der Waals surface area (Å²) in [6, 6.07) is 10.0. The molecule has 0 aliphatic rings. The maximum atomic E-state index is 5.44. The summed E-state index contributed by atoms with van der Waals surface area (Å²) in [6.07, 6.45) is 0. The van der Waals surface area contributed by atoms with Crippen LogP contribution in [0, 0.1) is 0 Å². The first-order valence-corrected chi connectivity index (χ1v) is 4.86. The Labute approximate surface area is 87.5 Å². The first kappa shape index (κ1) is 10.5. The van der Waals surface area contributed by atoms with Crippen LogP contribution in [0.15, 0.2) is 41.4 Å². The summed E-state index contributed by atoms with van der Waals surface area (Å²) in [6.45, 7) is 5.85. The van der Waals surface area contributed by atoms with Gasteiger partial charge in [0.1, 0.15) is 5.60 Å². The second-order valence-corrected chi connectivity index (χ2v) is 3.97. The van der Waals surface area contributed by atoms with Crippen LogP contribution in [0.3, 0.4) is 0 Å². The fourth-order valence-electron chi connectivity index (χ4n) is 1.14. The van der Waals surface area contributed by atoms with E-state index in [4.69, 9.17) is 4.74 Å². The molecule has 0 N–H and O–H groups in total. The van der Waals surface area contributed by atoms with Gasteiger partial charge in [-0.05, 0) is 12.5 Å². The van der Waals surface area contributed by atoms with Gasteiger partial charge in [0, 0.05) is 11.6 Å². The highest BCUT2D eigenvalue weighted by Gasteiger charge is 2.27. The highest BCUT2D eigenvalue weighted by atomic mass is 79.9. The zero-order valence-electron chi connectivity index (χ0n) is 7.88. The highest BCUT2D eigenvalue weighted by molar-refractivity contribution is 9.11. The van der Waals surface area contributed by atoms with Gasteiger partial charge in [0.25, 0.3) is 0 Å². The number of benzene rings is 1. The van der Waals surface area contributed by atoms with E-state index in [0.29, 0.717) is 0 Å². The molecule has 0 amide bonds. The molecule has 70 valence electrons. The summed E-state index contributed by atoms with van der Waals surface area (Å²) in [4.78, 5) is 0. The third kappa shape index (κ3) is 2.01. The van der Waals surface area contributed by atoms with Crippen molar-refractivity contribution in [1.29, 1.82) is 0 Å². The van der Waals surface area contributed by atoms with Crippen molar-refractivity contribution in [2.24, 2.45) is 0 Å². The number of ether oxygens (including phenoxy) is 1. The third-order valence-corrected chi connectivity index (χ3v) is 3.01. The smallest absolute Gasteiger partial charge is 0.121 e. The minimum Gasteiger partial charge on any atom is -0.369 e. The van der Waals surface area contributed by atoms with Crippen molar-refractivity contribution in [1.82, 2.24) is 0 Å². The molecule has 0 aliphatic heterocycles. The molecule has 0 saturated heterocycles. The van der Waals surface area contributed by atoms with E-state index in [-0.39, 0.29) is 0 Å². The van der Waals surface area contributed by atoms with Gasteiger partial charge in [-0.3, -0.25) is 0 Å². The van der Waals surface area contributed by atoms with E-state index in [9.17, 15) is 0 Å². The maximum absolute atomic E-state index is 5.44. The highest BCUT2D eigenvalue weighted by Crippen LogP contribution is 2.34. The second kappa shape index (κ2) is 4.07. The van der Waals surface area contributed by atoms with E-state index < -0.39 is 5.60 Å². The van der Waals surface area contributed by atoms with Crippen molar-refractivity contribution in [3.8, 4) is 0 Å². The molecule has 1 atom stereocenters. The lowest BCUT2D eigenvalue weighted by molar-refractivity contribution is 0.0438. The number of hydrogen-bond donors (Lipinski definition) is 0. The largest absolute Gasteiger partial charge is 0.369 e. The molecule has 1 nitrogen and oxygen atoms in total. The first-order valence-electron chi connectivity index (χ1n) is 4.07. The average Bonchev–Trinajstić information content (AvgIpc) is 2.17. The molecule has 0 unspecified atom stereocenters. The van der Waals surface area contributed by atoms with Crippen molar-refractivity contribution in [2.75, 3.05) is 7.11 Å². The van der Waals surface area contributed by atoms with Gasteiger partial charge in [0.05, 0.1) is 0 Å². The zero-order valence-corrected chi connectivity index (χ0v) is 9.47. The van der Waals surface area contributed by atoms with Gasteiger partial charge >= 0.3 is 0 Å². The summed E-state index contributed by atoms with van der Waals surface area (Å²) in [7, 11) is 1.68. The lowest BCUT2D eigenvalue weighted by Crippen LogP contribution is -2.23. The van der Waals surface area contributed by atoms with E-state index in [1.165, 1.54) is 0 Å². The molecule has 0 heterocycles. The normalized spacial score (nSPS) is 15.0. The summed E-state index contributed by atoms with van der Waals surface area (Å²) in [5.41, 5.74) is 0.653. The van der Waals surface area contributed by atoms with Crippen molar-refractivity contribution in [3.05, 3.63) is 47.0 Å². The Kier molecular flexibility index (Phi) is 3.28. The molecule has 1 aromatic rings. The van der Waals surface area contributed by atoms with Crippen LogP contribution >= 0.6 is 15.9 Å². The summed E-state index contributed by atoms with van der Waals surface area (Å²) in [5.74, 6) is 0. The molecule has 0 aliphatic carbocycles. The quantitative estimate of drug-likeness (QED) is 0.787. The molecular formula is C11H13BrO. The lowest BCUT2D eigenvalue weighted by Gasteiger charge is -2.27. The Bertz CT molecular complexity index is 294. The van der Waals surface area contributed by atoms with Crippen LogP contribution in [0.5, 0.6) is 0 Å². The van der Waals surface area contributed by atoms with Crippen LogP contribution in [-0.2, 0) is 10.3 Å². The van der Waals surface area contributed by atoms with Crippen LogP contribution in [-0.4, -0.2) is 7.11 Å². The Morgan fingerprint density at radius 3 is 2.31 bits per heavy atom. The molecule has 0 spiro atoms. The van der Waals surface area contributed by atoms with Gasteiger partial charge in [0.15, 0.2) is 0 Å². The zero-order chi connectivity index (χ0) is 9.90. The van der Waals surface area contributed by atoms with Gasteiger partial charge in [-0.2, -0.15) is 0 Å². The topological polar surface area (TPSA) is 9.23 Å². The number of methoxy groups -OCH3 is 1. The summed E-state index contributed by atoms with van der Waals surface area (Å²) in [5, 5.41) is 0. The lowest BCUT2D eigenvalue weighted by atomic mass is 9.96. The van der Waals surface area contributed by atoms with Crippen molar-refractivity contribution < 1.29 is 4.74 Å². The number of rotatable bonds is 3. The van der Waals surface area contributed by atoms with E-state index in [1.807, 2.05) is 37.3 Å². The average molecular weight is 241 g/mol. The van der Waals surface area contributed by atoms with Crippen molar-refractivity contribution in [2.45, 2.75) is 12.5 Å². The van der Waals surface area contributed by atoms with Crippen LogP contribution in [0.2, 0.25) is 0 Å². The maximum Gasteiger partial charge on any atom is 0.121 e. The monoisotopic (exact) mass is 240 g/mol. The molecule has 2 heteroatoms. The number of hydrogen-bond acceptors (Lipinski definition) is 1. The molecule has 1 aromatic carbocycles. The van der Waals surface area contributed by atoms with Crippen LogP contribution in [0.25, 0.3) is 0 Å². The minimum absolute atomic E-state index is 0.443. The van der Waals surface area contributed by atoms with E-state index in [0.717, 1.165) is 10.0 Å². The molecule has 1 rings (SSSR count). The van der Waals surface area contributed by atoms with E-state index in [2.05, 4.69) is 22.5 Å². The predicted molar refractivity (Wildman–Crippen MR) is 58.9 cm³/mol. The molecule has 0 fully saturated rings. The molecule has 0 saturated carbocycles. The SMILES string of the molecule is C=C(Br)[C@](C)(OC)c1ccccc1. The van der Waals surface area contributed by atoms with Crippen LogP contribution in [0.1, 0.15) is 12.5 Å². The first-order chi connectivity index (χ1) is 6.11. The molecule has 0 aromatic heterocycles. The van der Waals surface area contributed by atoms with E-state index >= 15 is 0 Å². The molecule has 0 radical (unpaired) electrons. The van der Waals surface area contributed by atoms with Gasteiger partial charge in [-0.15, -0.1) is 0 Å². The van der Waals surface area contributed by atoms with Gasteiger partial charge in [-0.25, -0.2) is 0 Å². The Morgan fingerprint density at radius 2 is 1.92 bits per heavy atom. The molecule has 0 bridgehead atoms. The van der Waals surface area contributed by atoms with Gasteiger partial charge < -0.3 is 4.74 Å². The third-order valence-electron chi connectivity index (χ3n) is 2.25. The van der Waals surface area contributed by atoms with Crippen LogP contribution < -0.4 is 0 Å². The molecule has 13 heavy (non-hydrogen) atoms. The Hall–Kier alpha value is -0.600. The molecular weight excluding hydrogens is 228 g/mol. The van der Waals surface area contributed by atoms with Crippen molar-refractivity contribution in [3.63, 3.8) is 0 Å². The van der Waals surface area contributed by atoms with Crippen LogP contribution in [0.4, 0.5) is 0 Å². The number of halogens is 1. The predicted octanol–water partition coefficient (Wildman–Crippen LogP) is 3.46. The van der Waals surface area contributed by atoms with Crippen molar-refractivity contribution >= 4 is 15.9 Å². The second-order valence-electron chi connectivity index (χ2n) is 3.01. The fourth-order valence-corrected chi connectivity index (χ4v) is 1.53. The van der Waals surface area contributed by atoms with Gasteiger partial charge in [-0.1, -0.05) is 52.8 Å².